The lowest BCUT2D eigenvalue weighted by atomic mass is 9.95. The molecular weight excluding hydrogens is 170 g/mol. The molecule has 1 aliphatic rings. The second-order valence-corrected chi connectivity index (χ2v) is 4.01. The van der Waals surface area contributed by atoms with Gasteiger partial charge in [-0.2, -0.15) is 0 Å². The third kappa shape index (κ3) is 2.19. The van der Waals surface area contributed by atoms with Crippen LogP contribution in [-0.4, -0.2) is 34.4 Å². The normalized spacial score (nSPS) is 23.6. The Labute approximate surface area is 78.0 Å². The number of hydrogen-bond acceptors (Lipinski definition) is 3. The number of aliphatic hydroxyl groups is 1. The number of rotatable bonds is 5. The van der Waals surface area contributed by atoms with Crippen molar-refractivity contribution < 1.29 is 15.0 Å². The second-order valence-electron chi connectivity index (χ2n) is 4.01. The Morgan fingerprint density at radius 2 is 2.23 bits per heavy atom. The van der Waals surface area contributed by atoms with E-state index in [0.29, 0.717) is 0 Å². The standard InChI is InChI=1S/C9H17NO3/c1-6(5-11)10-9(2,8(12)13)7-3-4-7/h6-7,10-11H,3-5H2,1-2H3,(H,12,13). The highest BCUT2D eigenvalue weighted by Gasteiger charge is 2.47. The highest BCUT2D eigenvalue weighted by Crippen LogP contribution is 2.39. The van der Waals surface area contributed by atoms with Gasteiger partial charge in [0, 0.05) is 6.04 Å². The Bertz CT molecular complexity index is 203. The Hall–Kier alpha value is -0.610. The third-order valence-electron chi connectivity index (χ3n) is 2.66. The Kier molecular flexibility index (Phi) is 2.93. The summed E-state index contributed by atoms with van der Waals surface area (Å²) in [7, 11) is 0. The largest absolute Gasteiger partial charge is 0.480 e. The topological polar surface area (TPSA) is 69.6 Å². The lowest BCUT2D eigenvalue weighted by molar-refractivity contribution is -0.145. The lowest BCUT2D eigenvalue weighted by Gasteiger charge is -2.29. The minimum absolute atomic E-state index is 0.0322. The van der Waals surface area contributed by atoms with Gasteiger partial charge in [0.15, 0.2) is 0 Å². The summed E-state index contributed by atoms with van der Waals surface area (Å²) < 4.78 is 0. The fourth-order valence-corrected chi connectivity index (χ4v) is 1.57. The molecule has 1 fully saturated rings. The van der Waals surface area contributed by atoms with E-state index in [1.807, 2.05) is 0 Å². The van der Waals surface area contributed by atoms with Gasteiger partial charge in [-0.25, -0.2) is 0 Å². The monoisotopic (exact) mass is 187 g/mol. The number of aliphatic carboxylic acids is 1. The molecule has 0 aromatic rings. The van der Waals surface area contributed by atoms with E-state index in [4.69, 9.17) is 10.2 Å². The Morgan fingerprint density at radius 1 is 1.69 bits per heavy atom. The van der Waals surface area contributed by atoms with E-state index in [2.05, 4.69) is 5.32 Å². The zero-order chi connectivity index (χ0) is 10.1. The maximum absolute atomic E-state index is 11.0. The van der Waals surface area contributed by atoms with Gasteiger partial charge in [-0.1, -0.05) is 0 Å². The summed E-state index contributed by atoms with van der Waals surface area (Å²) in [5, 5.41) is 20.8. The van der Waals surface area contributed by atoms with Crippen LogP contribution < -0.4 is 5.32 Å². The molecule has 0 heterocycles. The first-order valence-corrected chi connectivity index (χ1v) is 4.62. The molecule has 0 saturated heterocycles. The molecular formula is C9H17NO3. The van der Waals surface area contributed by atoms with E-state index < -0.39 is 11.5 Å². The minimum atomic E-state index is -0.859. The molecule has 0 aromatic carbocycles. The van der Waals surface area contributed by atoms with E-state index in [1.54, 1.807) is 13.8 Å². The molecule has 1 rings (SSSR count). The molecule has 0 radical (unpaired) electrons. The van der Waals surface area contributed by atoms with Crippen LogP contribution in [0.3, 0.4) is 0 Å². The van der Waals surface area contributed by atoms with Gasteiger partial charge in [-0.15, -0.1) is 0 Å². The van der Waals surface area contributed by atoms with E-state index >= 15 is 0 Å². The number of hydrogen-bond donors (Lipinski definition) is 3. The molecule has 1 saturated carbocycles. The maximum atomic E-state index is 11.0. The maximum Gasteiger partial charge on any atom is 0.323 e. The summed E-state index contributed by atoms with van der Waals surface area (Å²) in [6.07, 6.45) is 1.93. The van der Waals surface area contributed by atoms with Crippen LogP contribution in [0.2, 0.25) is 0 Å². The molecule has 0 amide bonds. The smallest absolute Gasteiger partial charge is 0.323 e. The molecule has 0 aromatic heterocycles. The van der Waals surface area contributed by atoms with Crippen LogP contribution in [0.4, 0.5) is 0 Å². The number of nitrogens with one attached hydrogen (secondary N) is 1. The zero-order valence-corrected chi connectivity index (χ0v) is 8.08. The number of carboxylic acids is 1. The molecule has 76 valence electrons. The van der Waals surface area contributed by atoms with E-state index in [-0.39, 0.29) is 18.6 Å². The van der Waals surface area contributed by atoms with Gasteiger partial charge < -0.3 is 10.2 Å². The van der Waals surface area contributed by atoms with E-state index in [0.717, 1.165) is 12.8 Å². The van der Waals surface area contributed by atoms with Gasteiger partial charge in [0.25, 0.3) is 0 Å². The number of carboxylic acid groups (broad SMARTS) is 1. The van der Waals surface area contributed by atoms with Crippen LogP contribution >= 0.6 is 0 Å². The van der Waals surface area contributed by atoms with Crippen LogP contribution in [0.5, 0.6) is 0 Å². The van der Waals surface area contributed by atoms with Crippen molar-refractivity contribution in [3.05, 3.63) is 0 Å². The van der Waals surface area contributed by atoms with Crippen molar-refractivity contribution in [1.82, 2.24) is 5.32 Å². The van der Waals surface area contributed by atoms with Gasteiger partial charge in [0.2, 0.25) is 0 Å². The van der Waals surface area contributed by atoms with Gasteiger partial charge in [-0.3, -0.25) is 10.1 Å². The number of aliphatic hydroxyl groups excluding tert-OH is 1. The molecule has 13 heavy (non-hydrogen) atoms. The molecule has 3 N–H and O–H groups in total. The second kappa shape index (κ2) is 3.64. The molecule has 2 unspecified atom stereocenters. The Balaban J connectivity index is 2.61. The molecule has 0 bridgehead atoms. The quantitative estimate of drug-likeness (QED) is 0.575. The summed E-state index contributed by atoms with van der Waals surface area (Å²) in [4.78, 5) is 11.0. The Morgan fingerprint density at radius 3 is 2.54 bits per heavy atom. The SMILES string of the molecule is CC(CO)NC(C)(C(=O)O)C1CC1. The zero-order valence-electron chi connectivity index (χ0n) is 8.08. The highest BCUT2D eigenvalue weighted by molar-refractivity contribution is 5.79. The summed E-state index contributed by atoms with van der Waals surface area (Å²) in [5.41, 5.74) is -0.859. The van der Waals surface area contributed by atoms with Crippen molar-refractivity contribution in [2.75, 3.05) is 6.61 Å². The first kappa shape index (κ1) is 10.5. The minimum Gasteiger partial charge on any atom is -0.480 e. The van der Waals surface area contributed by atoms with Crippen LogP contribution in [0.1, 0.15) is 26.7 Å². The fraction of sp³-hybridized carbons (Fsp3) is 0.889. The average molecular weight is 187 g/mol. The highest BCUT2D eigenvalue weighted by atomic mass is 16.4. The molecule has 4 nitrogen and oxygen atoms in total. The van der Waals surface area contributed by atoms with Crippen LogP contribution in [0.25, 0.3) is 0 Å². The summed E-state index contributed by atoms with van der Waals surface area (Å²) >= 11 is 0. The van der Waals surface area contributed by atoms with Gasteiger partial charge in [0.1, 0.15) is 5.54 Å². The molecule has 4 heteroatoms. The molecule has 1 aliphatic carbocycles. The molecule has 0 aliphatic heterocycles. The van der Waals surface area contributed by atoms with Crippen molar-refractivity contribution in [2.45, 2.75) is 38.3 Å². The first-order valence-electron chi connectivity index (χ1n) is 4.62. The first-order chi connectivity index (χ1) is 6.00. The van der Waals surface area contributed by atoms with Gasteiger partial charge in [0.05, 0.1) is 6.61 Å². The van der Waals surface area contributed by atoms with Crippen molar-refractivity contribution >= 4 is 5.97 Å². The predicted molar refractivity (Wildman–Crippen MR) is 48.4 cm³/mol. The fourth-order valence-electron chi connectivity index (χ4n) is 1.57. The van der Waals surface area contributed by atoms with Crippen molar-refractivity contribution in [3.63, 3.8) is 0 Å². The van der Waals surface area contributed by atoms with Gasteiger partial charge in [-0.05, 0) is 32.6 Å². The van der Waals surface area contributed by atoms with E-state index in [9.17, 15) is 4.79 Å². The van der Waals surface area contributed by atoms with Crippen molar-refractivity contribution in [3.8, 4) is 0 Å². The number of carbonyl (C=O) groups is 1. The average Bonchev–Trinajstić information content (AvgIpc) is 2.85. The van der Waals surface area contributed by atoms with E-state index in [1.165, 1.54) is 0 Å². The summed E-state index contributed by atoms with van der Waals surface area (Å²) in [5.74, 6) is -0.602. The molecule has 2 atom stereocenters. The summed E-state index contributed by atoms with van der Waals surface area (Å²) in [6.45, 7) is 3.44. The van der Waals surface area contributed by atoms with Crippen molar-refractivity contribution in [2.24, 2.45) is 5.92 Å². The van der Waals surface area contributed by atoms with Crippen molar-refractivity contribution in [1.29, 1.82) is 0 Å². The predicted octanol–water partition coefficient (Wildman–Crippen LogP) is 0.210. The lowest BCUT2D eigenvalue weighted by Crippen LogP contribution is -2.55. The van der Waals surface area contributed by atoms with Crippen LogP contribution in [-0.2, 0) is 4.79 Å². The van der Waals surface area contributed by atoms with Crippen LogP contribution in [0, 0.1) is 5.92 Å². The summed E-state index contributed by atoms with van der Waals surface area (Å²) in [6, 6.07) is -0.165. The van der Waals surface area contributed by atoms with Crippen LogP contribution in [0.15, 0.2) is 0 Å². The molecule has 0 spiro atoms. The van der Waals surface area contributed by atoms with Gasteiger partial charge >= 0.3 is 5.97 Å². The third-order valence-corrected chi connectivity index (χ3v) is 2.66.